The molecule has 17 heavy (non-hydrogen) atoms. The van der Waals surface area contributed by atoms with Crippen molar-refractivity contribution in [1.29, 1.82) is 5.26 Å². The molecule has 1 aromatic carbocycles. The smallest absolute Gasteiger partial charge is 0.142 e. The van der Waals surface area contributed by atoms with Gasteiger partial charge in [0.1, 0.15) is 5.75 Å². The number of benzene rings is 1. The fourth-order valence-corrected chi connectivity index (χ4v) is 2.23. The van der Waals surface area contributed by atoms with Crippen LogP contribution in [0, 0.1) is 11.3 Å². The third-order valence-electron chi connectivity index (χ3n) is 3.08. The molecule has 1 aliphatic heterocycles. The van der Waals surface area contributed by atoms with Gasteiger partial charge in [-0.3, -0.25) is 5.32 Å². The molecule has 1 heterocycles. The summed E-state index contributed by atoms with van der Waals surface area (Å²) in [6.07, 6.45) is 1.07. The number of ether oxygens (including phenoxy) is 1. The fourth-order valence-electron chi connectivity index (χ4n) is 2.23. The van der Waals surface area contributed by atoms with Crippen molar-refractivity contribution in [3.63, 3.8) is 0 Å². The normalized spacial score (nSPS) is 19.1. The molecule has 1 N–H and O–H groups in total. The number of anilines is 1. The van der Waals surface area contributed by atoms with Crippen LogP contribution in [0.1, 0.15) is 6.42 Å². The van der Waals surface area contributed by atoms with Crippen molar-refractivity contribution in [3.05, 3.63) is 24.3 Å². The zero-order valence-electron chi connectivity index (χ0n) is 10.0. The zero-order chi connectivity index (χ0) is 12.1. The molecule has 0 amide bonds. The highest BCUT2D eigenvalue weighted by atomic mass is 16.5. The lowest BCUT2D eigenvalue weighted by atomic mass is 10.2. The lowest BCUT2D eigenvalue weighted by molar-refractivity contribution is 0.415. The number of hydrogen-bond acceptors (Lipinski definition) is 4. The molecule has 1 aromatic rings. The molecule has 0 bridgehead atoms. The number of methoxy groups -OCH3 is 1. The van der Waals surface area contributed by atoms with E-state index in [2.05, 4.69) is 22.4 Å². The molecule has 0 aromatic heterocycles. The predicted octanol–water partition coefficient (Wildman–Crippen LogP) is 1.39. The minimum atomic E-state index is 0.402. The molecule has 4 nitrogen and oxygen atoms in total. The predicted molar refractivity (Wildman–Crippen MR) is 67.2 cm³/mol. The van der Waals surface area contributed by atoms with Crippen molar-refractivity contribution in [1.82, 2.24) is 5.32 Å². The Morgan fingerprint density at radius 1 is 1.53 bits per heavy atom. The Labute approximate surface area is 102 Å². The first-order chi connectivity index (χ1) is 8.35. The van der Waals surface area contributed by atoms with Gasteiger partial charge in [-0.1, -0.05) is 12.1 Å². The Morgan fingerprint density at radius 3 is 3.12 bits per heavy atom. The Bertz CT molecular complexity index is 413. The first-order valence-corrected chi connectivity index (χ1v) is 5.83. The molecular weight excluding hydrogens is 214 g/mol. The molecular formula is C13H17N3O. The van der Waals surface area contributed by atoms with Crippen LogP contribution in [-0.2, 0) is 0 Å². The molecule has 1 saturated heterocycles. The average Bonchev–Trinajstić information content (AvgIpc) is 2.85. The summed E-state index contributed by atoms with van der Waals surface area (Å²) in [5.41, 5.74) is 1.14. The van der Waals surface area contributed by atoms with Crippen LogP contribution in [0.2, 0.25) is 0 Å². The number of para-hydroxylation sites is 2. The average molecular weight is 231 g/mol. The fraction of sp³-hybridized carbons (Fsp3) is 0.462. The van der Waals surface area contributed by atoms with E-state index in [0.29, 0.717) is 12.6 Å². The topological polar surface area (TPSA) is 48.3 Å². The highest BCUT2D eigenvalue weighted by Gasteiger charge is 2.23. The monoisotopic (exact) mass is 231 g/mol. The Balaban J connectivity index is 2.02. The number of nitrogens with zero attached hydrogens (tertiary/aromatic N) is 2. The van der Waals surface area contributed by atoms with E-state index in [1.54, 1.807) is 7.11 Å². The van der Waals surface area contributed by atoms with Gasteiger partial charge in [-0.05, 0) is 18.6 Å². The van der Waals surface area contributed by atoms with Crippen LogP contribution in [0.5, 0.6) is 5.75 Å². The summed E-state index contributed by atoms with van der Waals surface area (Å²) >= 11 is 0. The largest absolute Gasteiger partial charge is 0.495 e. The highest BCUT2D eigenvalue weighted by Crippen LogP contribution is 2.30. The maximum Gasteiger partial charge on any atom is 0.142 e. The molecule has 1 fully saturated rings. The van der Waals surface area contributed by atoms with Crippen LogP contribution in [0.15, 0.2) is 24.3 Å². The number of hydrogen-bond donors (Lipinski definition) is 1. The molecule has 0 aliphatic carbocycles. The van der Waals surface area contributed by atoms with E-state index in [4.69, 9.17) is 10.00 Å². The summed E-state index contributed by atoms with van der Waals surface area (Å²) in [5, 5.41) is 11.8. The standard InChI is InChI=1S/C13H17N3O/c1-17-13-5-3-2-4-12(13)16-9-6-11(10-16)15-8-7-14/h2-5,11,15H,6,8-10H2,1H3. The third-order valence-corrected chi connectivity index (χ3v) is 3.08. The molecule has 1 unspecified atom stereocenters. The van der Waals surface area contributed by atoms with Gasteiger partial charge in [-0.15, -0.1) is 0 Å². The SMILES string of the molecule is COc1ccccc1N1CCC(NCC#N)C1. The van der Waals surface area contributed by atoms with Crippen molar-refractivity contribution < 1.29 is 4.74 Å². The maximum absolute atomic E-state index is 8.55. The summed E-state index contributed by atoms with van der Waals surface area (Å²) in [5.74, 6) is 0.911. The van der Waals surface area contributed by atoms with Crippen LogP contribution in [0.3, 0.4) is 0 Å². The van der Waals surface area contributed by atoms with Gasteiger partial charge in [0.05, 0.1) is 25.4 Å². The lowest BCUT2D eigenvalue weighted by Gasteiger charge is -2.21. The van der Waals surface area contributed by atoms with E-state index in [0.717, 1.165) is 30.9 Å². The van der Waals surface area contributed by atoms with Crippen LogP contribution < -0.4 is 15.0 Å². The van der Waals surface area contributed by atoms with Crippen LogP contribution in [0.25, 0.3) is 0 Å². The van der Waals surface area contributed by atoms with Gasteiger partial charge in [-0.25, -0.2) is 0 Å². The highest BCUT2D eigenvalue weighted by molar-refractivity contribution is 5.59. The molecule has 2 rings (SSSR count). The van der Waals surface area contributed by atoms with E-state index < -0.39 is 0 Å². The van der Waals surface area contributed by atoms with E-state index >= 15 is 0 Å². The number of rotatable bonds is 4. The summed E-state index contributed by atoms with van der Waals surface area (Å²) < 4.78 is 5.36. The lowest BCUT2D eigenvalue weighted by Crippen LogP contribution is -2.32. The summed E-state index contributed by atoms with van der Waals surface area (Å²) in [4.78, 5) is 2.30. The van der Waals surface area contributed by atoms with Gasteiger partial charge >= 0.3 is 0 Å². The van der Waals surface area contributed by atoms with Gasteiger partial charge in [0.25, 0.3) is 0 Å². The molecule has 0 spiro atoms. The van der Waals surface area contributed by atoms with Gasteiger partial charge in [0, 0.05) is 19.1 Å². The Kier molecular flexibility index (Phi) is 3.84. The molecule has 1 aliphatic rings. The Morgan fingerprint density at radius 2 is 2.35 bits per heavy atom. The molecule has 1 atom stereocenters. The van der Waals surface area contributed by atoms with Crippen molar-refractivity contribution >= 4 is 5.69 Å². The quantitative estimate of drug-likeness (QED) is 0.795. The van der Waals surface area contributed by atoms with Gasteiger partial charge in [0.2, 0.25) is 0 Å². The summed E-state index contributed by atoms with van der Waals surface area (Å²) in [6, 6.07) is 10.6. The third kappa shape index (κ3) is 2.69. The minimum absolute atomic E-state index is 0.402. The van der Waals surface area contributed by atoms with Gasteiger partial charge in [-0.2, -0.15) is 5.26 Å². The van der Waals surface area contributed by atoms with Crippen molar-refractivity contribution in [2.75, 3.05) is 31.6 Å². The van der Waals surface area contributed by atoms with Gasteiger partial charge in [0.15, 0.2) is 0 Å². The summed E-state index contributed by atoms with van der Waals surface area (Å²) in [7, 11) is 1.69. The second kappa shape index (κ2) is 5.55. The van der Waals surface area contributed by atoms with Crippen molar-refractivity contribution in [2.45, 2.75) is 12.5 Å². The van der Waals surface area contributed by atoms with E-state index in [1.165, 1.54) is 0 Å². The Hall–Kier alpha value is -1.73. The summed E-state index contributed by atoms with van der Waals surface area (Å²) in [6.45, 7) is 2.36. The first kappa shape index (κ1) is 11.7. The minimum Gasteiger partial charge on any atom is -0.495 e. The van der Waals surface area contributed by atoms with Crippen molar-refractivity contribution in [2.24, 2.45) is 0 Å². The van der Waals surface area contributed by atoms with E-state index in [1.807, 2.05) is 18.2 Å². The van der Waals surface area contributed by atoms with Crippen molar-refractivity contribution in [3.8, 4) is 11.8 Å². The van der Waals surface area contributed by atoms with Crippen LogP contribution >= 0.6 is 0 Å². The van der Waals surface area contributed by atoms with Crippen LogP contribution in [-0.4, -0.2) is 32.8 Å². The number of nitriles is 1. The number of nitrogens with one attached hydrogen (secondary N) is 1. The van der Waals surface area contributed by atoms with Gasteiger partial charge < -0.3 is 9.64 Å². The van der Waals surface area contributed by atoms with E-state index in [9.17, 15) is 0 Å². The maximum atomic E-state index is 8.55. The molecule has 4 heteroatoms. The molecule has 0 radical (unpaired) electrons. The molecule has 0 saturated carbocycles. The second-order valence-electron chi connectivity index (χ2n) is 4.14. The van der Waals surface area contributed by atoms with Crippen LogP contribution in [0.4, 0.5) is 5.69 Å². The molecule has 90 valence electrons. The second-order valence-corrected chi connectivity index (χ2v) is 4.14. The van der Waals surface area contributed by atoms with E-state index in [-0.39, 0.29) is 0 Å². The zero-order valence-corrected chi connectivity index (χ0v) is 10.0. The first-order valence-electron chi connectivity index (χ1n) is 5.83.